The predicted octanol–water partition coefficient (Wildman–Crippen LogP) is 2.84. The van der Waals surface area contributed by atoms with Crippen molar-refractivity contribution in [1.82, 2.24) is 19.0 Å². The summed E-state index contributed by atoms with van der Waals surface area (Å²) in [5, 5.41) is 3.61. The van der Waals surface area contributed by atoms with Gasteiger partial charge in [0, 0.05) is 32.2 Å². The predicted molar refractivity (Wildman–Crippen MR) is 121 cm³/mol. The summed E-state index contributed by atoms with van der Waals surface area (Å²) in [5.74, 6) is 0.637. The van der Waals surface area contributed by atoms with E-state index in [0.29, 0.717) is 29.5 Å². The highest BCUT2D eigenvalue weighted by Gasteiger charge is 2.28. The van der Waals surface area contributed by atoms with Crippen molar-refractivity contribution in [1.29, 1.82) is 0 Å². The Balaban J connectivity index is 1.59. The van der Waals surface area contributed by atoms with Gasteiger partial charge in [0.1, 0.15) is 5.75 Å². The Kier molecular flexibility index (Phi) is 5.91. The smallest absolute Gasteiger partial charge is 0.330 e. The molecule has 8 nitrogen and oxygen atoms in total. The molecule has 0 bridgehead atoms. The summed E-state index contributed by atoms with van der Waals surface area (Å²) in [6.07, 6.45) is 3.61. The van der Waals surface area contributed by atoms with Crippen molar-refractivity contribution in [3.63, 3.8) is 0 Å². The van der Waals surface area contributed by atoms with Crippen LogP contribution in [0, 0.1) is 0 Å². The molecule has 1 N–H and O–H groups in total. The van der Waals surface area contributed by atoms with Crippen LogP contribution in [0.1, 0.15) is 24.4 Å². The van der Waals surface area contributed by atoms with Gasteiger partial charge >= 0.3 is 5.69 Å². The summed E-state index contributed by atoms with van der Waals surface area (Å²) in [6.45, 7) is 1.16. The molecule has 9 heteroatoms. The second-order valence-electron chi connectivity index (χ2n) is 7.84. The topological polar surface area (TPSA) is 81.4 Å². The van der Waals surface area contributed by atoms with Crippen molar-refractivity contribution in [2.24, 2.45) is 7.05 Å². The van der Waals surface area contributed by atoms with E-state index in [1.165, 1.54) is 0 Å². The lowest BCUT2D eigenvalue weighted by molar-refractivity contribution is -0.132. The number of ether oxygens (including phenoxy) is 1. The van der Waals surface area contributed by atoms with E-state index in [1.54, 1.807) is 41.6 Å². The molecule has 4 rings (SSSR count). The number of likely N-dealkylation sites (tertiary alicyclic amines) is 1. The third kappa shape index (κ3) is 4.12. The van der Waals surface area contributed by atoms with Crippen molar-refractivity contribution < 1.29 is 9.53 Å². The Bertz CT molecular complexity index is 1190. The Labute approximate surface area is 185 Å². The van der Waals surface area contributed by atoms with Crippen LogP contribution >= 0.6 is 11.6 Å². The van der Waals surface area contributed by atoms with Gasteiger partial charge in [0.05, 0.1) is 37.0 Å². The zero-order chi connectivity index (χ0) is 22.1. The van der Waals surface area contributed by atoms with Gasteiger partial charge in [0.15, 0.2) is 5.65 Å². The number of pyridine rings is 1. The minimum atomic E-state index is -0.116. The molecule has 164 valence electrons. The Hall–Kier alpha value is -3.00. The number of methoxy groups -OCH3 is 1. The fourth-order valence-electron chi connectivity index (χ4n) is 4.25. The fourth-order valence-corrected chi connectivity index (χ4v) is 4.49. The number of rotatable bonds is 5. The molecule has 1 aliphatic rings. The van der Waals surface area contributed by atoms with Crippen LogP contribution in [-0.2, 0) is 18.3 Å². The maximum absolute atomic E-state index is 13.0. The molecule has 1 aliphatic heterocycles. The summed E-state index contributed by atoms with van der Waals surface area (Å²) in [7, 11) is 5.12. The number of carbonyl (C=O) groups excluding carboxylic acids is 1. The standard InChI is InChI=1S/C22H26ClN5O3/c1-24-16-11-19-21(25-12-16)26(2)22(30)28(19)17-5-4-6-27(13-17)20(29)9-14-7-15(23)10-18(8-14)31-3/h7-8,10-12,17,24H,4-6,9,13H2,1-3H3/t17-/m0/s1. The number of nitrogens with zero attached hydrogens (tertiary/aromatic N) is 4. The number of aromatic nitrogens is 3. The van der Waals surface area contributed by atoms with Crippen LogP contribution in [0.3, 0.4) is 0 Å². The third-order valence-corrected chi connectivity index (χ3v) is 6.06. The molecule has 1 saturated heterocycles. The molecule has 0 aliphatic carbocycles. The van der Waals surface area contributed by atoms with Crippen LogP contribution in [0.25, 0.3) is 11.2 Å². The summed E-state index contributed by atoms with van der Waals surface area (Å²) >= 11 is 6.14. The molecule has 1 atom stereocenters. The average Bonchev–Trinajstić information content (AvgIpc) is 3.02. The fraction of sp³-hybridized carbons (Fsp3) is 0.409. The highest BCUT2D eigenvalue weighted by molar-refractivity contribution is 6.30. The number of fused-ring (bicyclic) bond motifs is 1. The van der Waals surface area contributed by atoms with E-state index < -0.39 is 0 Å². The Morgan fingerprint density at radius 3 is 2.87 bits per heavy atom. The second-order valence-corrected chi connectivity index (χ2v) is 8.28. The number of benzene rings is 1. The molecule has 31 heavy (non-hydrogen) atoms. The molecule has 1 amide bonds. The zero-order valence-corrected chi connectivity index (χ0v) is 18.6. The monoisotopic (exact) mass is 443 g/mol. The molecule has 3 aromatic rings. The number of amides is 1. The molecule has 0 saturated carbocycles. The first-order chi connectivity index (χ1) is 14.9. The van der Waals surface area contributed by atoms with E-state index in [-0.39, 0.29) is 24.1 Å². The van der Waals surface area contributed by atoms with Gasteiger partial charge in [0.25, 0.3) is 0 Å². The van der Waals surface area contributed by atoms with Crippen LogP contribution in [0.2, 0.25) is 5.02 Å². The Morgan fingerprint density at radius 2 is 2.13 bits per heavy atom. The summed E-state index contributed by atoms with van der Waals surface area (Å²) < 4.78 is 8.60. The van der Waals surface area contributed by atoms with E-state index in [2.05, 4.69) is 10.3 Å². The van der Waals surface area contributed by atoms with Gasteiger partial charge in [-0.2, -0.15) is 0 Å². The molecular formula is C22H26ClN5O3. The first-order valence-corrected chi connectivity index (χ1v) is 10.6. The maximum Gasteiger partial charge on any atom is 0.330 e. The number of piperidine rings is 1. The number of hydrogen-bond acceptors (Lipinski definition) is 5. The number of hydrogen-bond donors (Lipinski definition) is 1. The van der Waals surface area contributed by atoms with Crippen molar-refractivity contribution in [3.8, 4) is 5.75 Å². The van der Waals surface area contributed by atoms with Gasteiger partial charge in [-0.25, -0.2) is 9.78 Å². The third-order valence-electron chi connectivity index (χ3n) is 5.84. The van der Waals surface area contributed by atoms with E-state index in [1.807, 2.05) is 24.1 Å². The molecule has 1 fully saturated rings. The first-order valence-electron chi connectivity index (χ1n) is 10.3. The summed E-state index contributed by atoms with van der Waals surface area (Å²) in [5.41, 5.74) is 2.94. The molecular weight excluding hydrogens is 418 g/mol. The second kappa shape index (κ2) is 8.63. The summed E-state index contributed by atoms with van der Waals surface area (Å²) in [4.78, 5) is 32.3. The van der Waals surface area contributed by atoms with Crippen LogP contribution in [0.15, 0.2) is 35.3 Å². The highest BCUT2D eigenvalue weighted by atomic mass is 35.5. The SMILES string of the molecule is CNc1cnc2c(c1)n([C@H]1CCCN(C(=O)Cc3cc(Cl)cc(OC)c3)C1)c(=O)n2C. The molecule has 1 aromatic carbocycles. The van der Waals surface area contributed by atoms with Crippen molar-refractivity contribution in [3.05, 3.63) is 51.5 Å². The lowest BCUT2D eigenvalue weighted by atomic mass is 10.0. The summed E-state index contributed by atoms with van der Waals surface area (Å²) in [6, 6.07) is 7.15. The van der Waals surface area contributed by atoms with Crippen LogP contribution in [0.4, 0.5) is 5.69 Å². The zero-order valence-electron chi connectivity index (χ0n) is 17.9. The van der Waals surface area contributed by atoms with Gasteiger partial charge in [0.2, 0.25) is 5.91 Å². The molecule has 3 heterocycles. The van der Waals surface area contributed by atoms with Gasteiger partial charge < -0.3 is 15.0 Å². The normalized spacial score (nSPS) is 16.5. The lowest BCUT2D eigenvalue weighted by Crippen LogP contribution is -2.43. The number of anilines is 1. The largest absolute Gasteiger partial charge is 0.497 e. The lowest BCUT2D eigenvalue weighted by Gasteiger charge is -2.33. The molecule has 0 radical (unpaired) electrons. The van der Waals surface area contributed by atoms with Crippen LogP contribution < -0.4 is 15.7 Å². The van der Waals surface area contributed by atoms with Crippen molar-refractivity contribution in [2.75, 3.05) is 32.6 Å². The number of nitrogens with one attached hydrogen (secondary N) is 1. The highest BCUT2D eigenvalue weighted by Crippen LogP contribution is 2.27. The number of imidazole rings is 1. The minimum Gasteiger partial charge on any atom is -0.497 e. The molecule has 0 spiro atoms. The number of halogens is 1. The van der Waals surface area contributed by atoms with E-state index >= 15 is 0 Å². The van der Waals surface area contributed by atoms with Crippen LogP contribution in [-0.4, -0.2) is 52.2 Å². The minimum absolute atomic E-state index is 0.0105. The van der Waals surface area contributed by atoms with E-state index in [0.717, 1.165) is 29.6 Å². The van der Waals surface area contributed by atoms with E-state index in [9.17, 15) is 9.59 Å². The van der Waals surface area contributed by atoms with Crippen molar-refractivity contribution >= 4 is 34.4 Å². The van der Waals surface area contributed by atoms with Crippen LogP contribution in [0.5, 0.6) is 5.75 Å². The van der Waals surface area contributed by atoms with Gasteiger partial charge in [-0.1, -0.05) is 11.6 Å². The van der Waals surface area contributed by atoms with Gasteiger partial charge in [-0.05, 0) is 42.7 Å². The molecule has 0 unspecified atom stereocenters. The van der Waals surface area contributed by atoms with Crippen molar-refractivity contribution in [2.45, 2.75) is 25.3 Å². The van der Waals surface area contributed by atoms with Gasteiger partial charge in [-0.3, -0.25) is 13.9 Å². The Morgan fingerprint density at radius 1 is 1.32 bits per heavy atom. The molecule has 2 aromatic heterocycles. The number of carbonyl (C=O) groups is 1. The number of aryl methyl sites for hydroxylation is 1. The quantitative estimate of drug-likeness (QED) is 0.655. The average molecular weight is 444 g/mol. The maximum atomic E-state index is 13.0. The van der Waals surface area contributed by atoms with Gasteiger partial charge in [-0.15, -0.1) is 0 Å². The van der Waals surface area contributed by atoms with E-state index in [4.69, 9.17) is 16.3 Å². The first kappa shape index (κ1) is 21.2.